The molecule has 0 bridgehead atoms. The first-order valence-electron chi connectivity index (χ1n) is 10.1. The van der Waals surface area contributed by atoms with E-state index in [0.717, 1.165) is 33.4 Å². The Morgan fingerprint density at radius 2 is 0.938 bits per heavy atom. The first-order valence-corrected chi connectivity index (χ1v) is 10.1. The zero-order chi connectivity index (χ0) is 22.3. The molecule has 4 heteroatoms. The molecular weight excluding hydrogens is 400 g/mol. The van der Waals surface area contributed by atoms with Gasteiger partial charge < -0.3 is 9.84 Å². The number of ether oxygens (including phenoxy) is 1. The Morgan fingerprint density at radius 3 is 1.34 bits per heavy atom. The summed E-state index contributed by atoms with van der Waals surface area (Å²) < 4.78 is 4.96. The number of carboxylic acid groups (broad SMARTS) is 1. The number of aromatic carboxylic acids is 1. The van der Waals surface area contributed by atoms with Crippen molar-refractivity contribution >= 4 is 23.6 Å². The fourth-order valence-corrected chi connectivity index (χ4v) is 3.66. The third-order valence-corrected chi connectivity index (χ3v) is 5.12. The minimum atomic E-state index is -0.962. The van der Waals surface area contributed by atoms with E-state index in [2.05, 4.69) is 0 Å². The van der Waals surface area contributed by atoms with Gasteiger partial charge in [-0.05, 0) is 57.7 Å². The summed E-state index contributed by atoms with van der Waals surface area (Å²) in [5.41, 5.74) is 6.04. The lowest BCUT2D eigenvalue weighted by Gasteiger charge is -2.18. The molecule has 0 amide bonds. The predicted molar refractivity (Wildman–Crippen MR) is 124 cm³/mol. The maximum absolute atomic E-state index is 11.4. The number of benzene rings is 4. The van der Waals surface area contributed by atoms with Crippen molar-refractivity contribution in [1.82, 2.24) is 0 Å². The minimum Gasteiger partial charge on any atom is -0.478 e. The van der Waals surface area contributed by atoms with Gasteiger partial charge in [-0.2, -0.15) is 0 Å². The van der Waals surface area contributed by atoms with E-state index in [4.69, 9.17) is 4.74 Å². The van der Waals surface area contributed by atoms with Gasteiger partial charge in [-0.1, -0.05) is 84.9 Å². The summed E-state index contributed by atoms with van der Waals surface area (Å²) in [5.74, 6) is -0.501. The lowest BCUT2D eigenvalue weighted by molar-refractivity contribution is -0.120. The molecule has 0 aliphatic rings. The van der Waals surface area contributed by atoms with Gasteiger partial charge in [0, 0.05) is 0 Å². The van der Waals surface area contributed by atoms with Crippen LogP contribution >= 0.6 is 0 Å². The summed E-state index contributed by atoms with van der Waals surface area (Å²) >= 11 is 0. The summed E-state index contributed by atoms with van der Waals surface area (Å²) in [7, 11) is 0. The lowest BCUT2D eigenvalue weighted by atomic mass is 9.85. The van der Waals surface area contributed by atoms with Crippen molar-refractivity contribution in [2.24, 2.45) is 0 Å². The molecular formula is C28H20O4. The molecule has 0 aromatic heterocycles. The molecule has 0 radical (unpaired) electrons. The summed E-state index contributed by atoms with van der Waals surface area (Å²) in [5, 5.41) is 9.32. The standard InChI is InChI=1S/C28H20O4/c29-19-32-25-17-15-23(16-18-25)27(21-9-5-2-6-10-21)26(20-7-3-1-4-8-20)22-11-13-24(14-12-22)28(30)31/h1-19H,(H,30,31). The van der Waals surface area contributed by atoms with Crippen LogP contribution in [0.1, 0.15) is 32.6 Å². The van der Waals surface area contributed by atoms with Crippen LogP contribution < -0.4 is 4.74 Å². The molecule has 0 aliphatic heterocycles. The molecule has 0 fully saturated rings. The van der Waals surface area contributed by atoms with Gasteiger partial charge in [-0.3, -0.25) is 4.79 Å². The van der Waals surface area contributed by atoms with Gasteiger partial charge in [0.15, 0.2) is 0 Å². The fraction of sp³-hybridized carbons (Fsp3) is 0. The fourth-order valence-electron chi connectivity index (χ4n) is 3.66. The van der Waals surface area contributed by atoms with Crippen molar-refractivity contribution < 1.29 is 19.4 Å². The van der Waals surface area contributed by atoms with Crippen molar-refractivity contribution in [2.45, 2.75) is 0 Å². The van der Waals surface area contributed by atoms with E-state index in [0.29, 0.717) is 12.2 Å². The van der Waals surface area contributed by atoms with Crippen LogP contribution in [0.4, 0.5) is 0 Å². The average molecular weight is 420 g/mol. The van der Waals surface area contributed by atoms with Gasteiger partial charge in [-0.15, -0.1) is 0 Å². The van der Waals surface area contributed by atoms with E-state index in [-0.39, 0.29) is 5.56 Å². The summed E-state index contributed by atoms with van der Waals surface area (Å²) in [4.78, 5) is 22.1. The number of carbonyl (C=O) groups excluding carboxylic acids is 1. The average Bonchev–Trinajstić information content (AvgIpc) is 2.84. The maximum Gasteiger partial charge on any atom is 0.335 e. The van der Waals surface area contributed by atoms with E-state index in [9.17, 15) is 14.7 Å². The second-order valence-electron chi connectivity index (χ2n) is 7.10. The Kier molecular flexibility index (Phi) is 6.23. The van der Waals surface area contributed by atoms with Crippen molar-refractivity contribution in [1.29, 1.82) is 0 Å². The molecule has 0 unspecified atom stereocenters. The molecule has 4 aromatic carbocycles. The molecule has 32 heavy (non-hydrogen) atoms. The molecule has 0 spiro atoms. The highest BCUT2D eigenvalue weighted by molar-refractivity contribution is 6.04. The normalized spacial score (nSPS) is 11.4. The van der Waals surface area contributed by atoms with Crippen LogP contribution in [-0.4, -0.2) is 17.5 Å². The maximum atomic E-state index is 11.4. The number of hydrogen-bond acceptors (Lipinski definition) is 3. The molecule has 4 nitrogen and oxygen atoms in total. The Bertz CT molecular complexity index is 1240. The highest BCUT2D eigenvalue weighted by Gasteiger charge is 2.16. The second kappa shape index (κ2) is 9.58. The van der Waals surface area contributed by atoms with Crippen LogP contribution in [0.15, 0.2) is 109 Å². The zero-order valence-electron chi connectivity index (χ0n) is 17.1. The van der Waals surface area contributed by atoms with Crippen LogP contribution in [0.25, 0.3) is 11.1 Å². The second-order valence-corrected chi connectivity index (χ2v) is 7.10. The topological polar surface area (TPSA) is 63.6 Å². The Balaban J connectivity index is 2.01. The molecule has 1 N–H and O–H groups in total. The first-order chi connectivity index (χ1) is 15.7. The number of carbonyl (C=O) groups is 2. The lowest BCUT2D eigenvalue weighted by Crippen LogP contribution is -2.00. The van der Waals surface area contributed by atoms with Gasteiger partial charge in [0.05, 0.1) is 5.56 Å². The van der Waals surface area contributed by atoms with E-state index >= 15 is 0 Å². The van der Waals surface area contributed by atoms with Crippen molar-refractivity contribution in [2.75, 3.05) is 0 Å². The molecule has 0 saturated carbocycles. The van der Waals surface area contributed by atoms with Gasteiger partial charge >= 0.3 is 5.97 Å². The van der Waals surface area contributed by atoms with Crippen molar-refractivity contribution in [3.05, 3.63) is 137 Å². The van der Waals surface area contributed by atoms with Crippen LogP contribution in [0.2, 0.25) is 0 Å². The molecule has 0 aliphatic carbocycles. The zero-order valence-corrected chi connectivity index (χ0v) is 17.1. The number of carboxylic acids is 1. The summed E-state index contributed by atoms with van der Waals surface area (Å²) in [6, 6.07) is 34.2. The molecule has 0 saturated heterocycles. The highest BCUT2D eigenvalue weighted by atomic mass is 16.5. The third-order valence-electron chi connectivity index (χ3n) is 5.12. The van der Waals surface area contributed by atoms with E-state index in [1.165, 1.54) is 0 Å². The van der Waals surface area contributed by atoms with Crippen molar-refractivity contribution in [3.8, 4) is 5.75 Å². The van der Waals surface area contributed by atoms with Crippen molar-refractivity contribution in [3.63, 3.8) is 0 Å². The predicted octanol–water partition coefficient (Wildman–Crippen LogP) is 5.93. The van der Waals surface area contributed by atoms with Gasteiger partial charge in [0.2, 0.25) is 0 Å². The quantitative estimate of drug-likeness (QED) is 0.297. The summed E-state index contributed by atoms with van der Waals surface area (Å²) in [6.07, 6.45) is 0. The highest BCUT2D eigenvalue weighted by Crippen LogP contribution is 2.37. The molecule has 0 heterocycles. The Morgan fingerprint density at radius 1 is 0.562 bits per heavy atom. The first kappa shape index (κ1) is 20.8. The number of hydrogen-bond donors (Lipinski definition) is 1. The van der Waals surface area contributed by atoms with Crippen LogP contribution in [0, 0.1) is 0 Å². The van der Waals surface area contributed by atoms with E-state index in [1.54, 1.807) is 24.3 Å². The van der Waals surface area contributed by atoms with Gasteiger partial charge in [0.1, 0.15) is 5.75 Å². The van der Waals surface area contributed by atoms with E-state index in [1.807, 2.05) is 84.9 Å². The van der Waals surface area contributed by atoms with Gasteiger partial charge in [-0.25, -0.2) is 4.79 Å². The largest absolute Gasteiger partial charge is 0.478 e. The van der Waals surface area contributed by atoms with Crippen LogP contribution in [0.3, 0.4) is 0 Å². The number of rotatable bonds is 7. The smallest absolute Gasteiger partial charge is 0.335 e. The van der Waals surface area contributed by atoms with Crippen LogP contribution in [0.5, 0.6) is 5.75 Å². The van der Waals surface area contributed by atoms with E-state index < -0.39 is 5.97 Å². The Hall–Kier alpha value is -4.44. The summed E-state index contributed by atoms with van der Waals surface area (Å²) in [6.45, 7) is 0.405. The monoisotopic (exact) mass is 420 g/mol. The third kappa shape index (κ3) is 4.50. The van der Waals surface area contributed by atoms with Gasteiger partial charge in [0.25, 0.3) is 6.47 Å². The molecule has 4 rings (SSSR count). The molecule has 4 aromatic rings. The molecule has 0 atom stereocenters. The molecule has 156 valence electrons. The minimum absolute atomic E-state index is 0.234. The van der Waals surface area contributed by atoms with Crippen LogP contribution in [-0.2, 0) is 4.79 Å². The Labute approximate surface area is 186 Å². The SMILES string of the molecule is O=COc1ccc(C(=C(c2ccccc2)c2ccc(C(=O)O)cc2)c2ccccc2)cc1.